The number of aromatic nitrogens is 2. The minimum absolute atomic E-state index is 0.171. The summed E-state index contributed by atoms with van der Waals surface area (Å²) in [5, 5.41) is 15.7. The molecule has 0 aliphatic carbocycles. The quantitative estimate of drug-likeness (QED) is 0.757. The number of ether oxygens (including phenoxy) is 3. The number of nitrogens with zero attached hydrogens (tertiary/aromatic N) is 3. The summed E-state index contributed by atoms with van der Waals surface area (Å²) in [5.74, 6) is 2.30. The van der Waals surface area contributed by atoms with E-state index >= 15 is 0 Å². The molecule has 2 atom stereocenters. The summed E-state index contributed by atoms with van der Waals surface area (Å²) in [7, 11) is 0. The first-order valence-corrected chi connectivity index (χ1v) is 11.0. The standard InChI is InChI=1S/C23H29N3O5/c1-3-29-19-9-21-20(30-14-31-21)8-16(19)12-25-17-5-6-18(25)11-23(28,10-17)13-26-22(27)7-4-15(2)24-26/h4,7-9,17-18,28H,3,5-6,10-14H2,1-2H3/t17-,18-/m0/s1. The Labute approximate surface area is 181 Å². The van der Waals surface area contributed by atoms with E-state index in [1.807, 2.05) is 26.0 Å². The Morgan fingerprint density at radius 1 is 1.19 bits per heavy atom. The maximum atomic E-state index is 12.2. The van der Waals surface area contributed by atoms with Crippen LogP contribution in [0, 0.1) is 6.92 Å². The minimum atomic E-state index is -0.926. The molecule has 4 heterocycles. The SMILES string of the molecule is CCOc1cc2c(cc1CN1[C@H]3CC[C@H]1CC(O)(Cn1nc(C)ccc1=O)C3)OCO2. The average molecular weight is 428 g/mol. The fourth-order valence-corrected chi connectivity index (χ4v) is 5.32. The second-order valence-electron chi connectivity index (χ2n) is 8.91. The van der Waals surface area contributed by atoms with Crippen molar-refractivity contribution >= 4 is 0 Å². The van der Waals surface area contributed by atoms with Crippen LogP contribution >= 0.6 is 0 Å². The van der Waals surface area contributed by atoms with Gasteiger partial charge in [-0.15, -0.1) is 0 Å². The van der Waals surface area contributed by atoms with Crippen LogP contribution in [-0.4, -0.2) is 50.9 Å². The zero-order chi connectivity index (χ0) is 21.6. The zero-order valence-corrected chi connectivity index (χ0v) is 18.0. The maximum absolute atomic E-state index is 12.2. The van der Waals surface area contributed by atoms with E-state index in [4.69, 9.17) is 14.2 Å². The van der Waals surface area contributed by atoms with Crippen molar-refractivity contribution in [3.63, 3.8) is 0 Å². The van der Waals surface area contributed by atoms with E-state index in [9.17, 15) is 9.90 Å². The van der Waals surface area contributed by atoms with Gasteiger partial charge in [-0.25, -0.2) is 4.68 Å². The Bertz CT molecular complexity index is 1020. The van der Waals surface area contributed by atoms with Crippen LogP contribution in [0.1, 0.15) is 43.9 Å². The van der Waals surface area contributed by atoms with Crippen molar-refractivity contribution in [2.45, 2.75) is 70.3 Å². The first-order valence-electron chi connectivity index (χ1n) is 11.0. The molecule has 2 aromatic rings. The summed E-state index contributed by atoms with van der Waals surface area (Å²) in [6, 6.07) is 7.66. The van der Waals surface area contributed by atoms with Crippen LogP contribution in [0.25, 0.3) is 0 Å². The van der Waals surface area contributed by atoms with Crippen molar-refractivity contribution in [3.8, 4) is 17.2 Å². The Kier molecular flexibility index (Phi) is 5.14. The van der Waals surface area contributed by atoms with Gasteiger partial charge in [0.2, 0.25) is 6.79 Å². The van der Waals surface area contributed by atoms with Crippen LogP contribution in [0.2, 0.25) is 0 Å². The highest BCUT2D eigenvalue weighted by Crippen LogP contribution is 2.44. The van der Waals surface area contributed by atoms with Crippen LogP contribution in [0.4, 0.5) is 0 Å². The minimum Gasteiger partial charge on any atom is -0.493 e. The molecular formula is C23H29N3O5. The number of hydrogen-bond donors (Lipinski definition) is 1. The summed E-state index contributed by atoms with van der Waals surface area (Å²) < 4.78 is 18.4. The second kappa shape index (κ2) is 7.84. The molecule has 1 aromatic carbocycles. The molecular weight excluding hydrogens is 398 g/mol. The molecule has 0 saturated carbocycles. The molecule has 1 aromatic heterocycles. The van der Waals surface area contributed by atoms with E-state index < -0.39 is 5.60 Å². The number of aryl methyl sites for hydroxylation is 1. The van der Waals surface area contributed by atoms with Gasteiger partial charge in [0.15, 0.2) is 11.5 Å². The van der Waals surface area contributed by atoms with Crippen molar-refractivity contribution in [2.24, 2.45) is 0 Å². The van der Waals surface area contributed by atoms with Crippen LogP contribution in [0.15, 0.2) is 29.1 Å². The summed E-state index contributed by atoms with van der Waals surface area (Å²) in [6.45, 7) is 5.62. The maximum Gasteiger partial charge on any atom is 0.266 e. The molecule has 8 nitrogen and oxygen atoms in total. The molecule has 31 heavy (non-hydrogen) atoms. The number of fused-ring (bicyclic) bond motifs is 3. The van der Waals surface area contributed by atoms with Crippen molar-refractivity contribution < 1.29 is 19.3 Å². The molecule has 0 amide bonds. The summed E-state index contributed by atoms with van der Waals surface area (Å²) in [5.41, 5.74) is 0.750. The lowest BCUT2D eigenvalue weighted by atomic mass is 9.85. The molecule has 0 spiro atoms. The van der Waals surface area contributed by atoms with Crippen LogP contribution < -0.4 is 19.8 Å². The number of aliphatic hydroxyl groups is 1. The fraction of sp³-hybridized carbons (Fsp3) is 0.565. The van der Waals surface area contributed by atoms with Crippen LogP contribution in [-0.2, 0) is 13.1 Å². The lowest BCUT2D eigenvalue weighted by Crippen LogP contribution is -2.53. The molecule has 0 radical (unpaired) electrons. The third-order valence-electron chi connectivity index (χ3n) is 6.65. The topological polar surface area (TPSA) is 86.1 Å². The Morgan fingerprint density at radius 3 is 2.61 bits per heavy atom. The first kappa shape index (κ1) is 20.3. The van der Waals surface area contributed by atoms with E-state index in [1.165, 1.54) is 10.7 Å². The van der Waals surface area contributed by atoms with E-state index in [-0.39, 0.29) is 31.0 Å². The summed E-state index contributed by atoms with van der Waals surface area (Å²) in [6.07, 6.45) is 3.33. The highest BCUT2D eigenvalue weighted by molar-refractivity contribution is 5.52. The van der Waals surface area contributed by atoms with E-state index in [1.54, 1.807) is 6.07 Å². The highest BCUT2D eigenvalue weighted by Gasteiger charge is 2.48. The molecule has 8 heteroatoms. The average Bonchev–Trinajstić information content (AvgIpc) is 3.27. The molecule has 2 saturated heterocycles. The first-order chi connectivity index (χ1) is 14.9. The highest BCUT2D eigenvalue weighted by atomic mass is 16.7. The smallest absolute Gasteiger partial charge is 0.266 e. The van der Waals surface area contributed by atoms with Gasteiger partial charge < -0.3 is 19.3 Å². The Morgan fingerprint density at radius 2 is 1.90 bits per heavy atom. The van der Waals surface area contributed by atoms with Crippen LogP contribution in [0.5, 0.6) is 17.2 Å². The van der Waals surface area contributed by atoms with Gasteiger partial charge in [-0.1, -0.05) is 0 Å². The van der Waals surface area contributed by atoms with Crippen molar-refractivity contribution in [3.05, 3.63) is 45.9 Å². The van der Waals surface area contributed by atoms with Crippen molar-refractivity contribution in [2.75, 3.05) is 13.4 Å². The molecule has 2 bridgehead atoms. The van der Waals surface area contributed by atoms with E-state index in [2.05, 4.69) is 10.00 Å². The second-order valence-corrected chi connectivity index (χ2v) is 8.91. The van der Waals surface area contributed by atoms with Gasteiger partial charge in [-0.2, -0.15) is 5.10 Å². The third-order valence-corrected chi connectivity index (χ3v) is 6.65. The number of benzene rings is 1. The molecule has 0 unspecified atom stereocenters. The zero-order valence-electron chi connectivity index (χ0n) is 18.0. The number of hydrogen-bond acceptors (Lipinski definition) is 7. The monoisotopic (exact) mass is 427 g/mol. The number of rotatable bonds is 6. The van der Waals surface area contributed by atoms with Crippen molar-refractivity contribution in [1.29, 1.82) is 0 Å². The van der Waals surface area contributed by atoms with Crippen LogP contribution in [0.3, 0.4) is 0 Å². The molecule has 1 N–H and O–H groups in total. The summed E-state index contributed by atoms with van der Waals surface area (Å²) >= 11 is 0. The molecule has 3 aliphatic rings. The predicted molar refractivity (Wildman–Crippen MR) is 114 cm³/mol. The Hall–Kier alpha value is -2.58. The Balaban J connectivity index is 1.35. The van der Waals surface area contributed by atoms with Gasteiger partial charge in [0.25, 0.3) is 5.56 Å². The molecule has 166 valence electrons. The normalized spacial score (nSPS) is 26.9. The third kappa shape index (κ3) is 3.90. The van der Waals surface area contributed by atoms with Gasteiger partial charge >= 0.3 is 0 Å². The predicted octanol–water partition coefficient (Wildman–Crippen LogP) is 2.24. The van der Waals surface area contributed by atoms with Gasteiger partial charge in [0.05, 0.1) is 24.4 Å². The fourth-order valence-electron chi connectivity index (χ4n) is 5.32. The largest absolute Gasteiger partial charge is 0.493 e. The van der Waals surface area contributed by atoms with Gasteiger partial charge in [-0.3, -0.25) is 9.69 Å². The molecule has 5 rings (SSSR count). The van der Waals surface area contributed by atoms with Gasteiger partial charge in [-0.05, 0) is 51.7 Å². The number of piperidine rings is 1. The lowest BCUT2D eigenvalue weighted by Gasteiger charge is -2.44. The molecule has 3 aliphatic heterocycles. The molecule has 2 fully saturated rings. The summed E-state index contributed by atoms with van der Waals surface area (Å²) in [4.78, 5) is 14.7. The van der Waals surface area contributed by atoms with Gasteiger partial charge in [0, 0.05) is 36.3 Å². The van der Waals surface area contributed by atoms with E-state index in [0.717, 1.165) is 47.9 Å². The van der Waals surface area contributed by atoms with E-state index in [0.29, 0.717) is 19.4 Å². The lowest BCUT2D eigenvalue weighted by molar-refractivity contribution is -0.0679. The van der Waals surface area contributed by atoms with Gasteiger partial charge in [0.1, 0.15) is 5.75 Å². The van der Waals surface area contributed by atoms with Crippen molar-refractivity contribution in [1.82, 2.24) is 14.7 Å².